The first-order valence-corrected chi connectivity index (χ1v) is 6.32. The zero-order chi connectivity index (χ0) is 13.0. The molecule has 1 N–H and O–H groups in total. The van der Waals surface area contributed by atoms with Gasteiger partial charge in [0.15, 0.2) is 0 Å². The Hall–Kier alpha value is -1.94. The second-order valence-corrected chi connectivity index (χ2v) is 4.80. The topological polar surface area (TPSA) is 29.1 Å². The Morgan fingerprint density at radius 3 is 2.89 bits per heavy atom. The van der Waals surface area contributed by atoms with E-state index in [0.29, 0.717) is 0 Å². The van der Waals surface area contributed by atoms with Gasteiger partial charge in [0.05, 0.1) is 5.69 Å². The van der Waals surface area contributed by atoms with Crippen molar-refractivity contribution < 1.29 is 9.18 Å². The standard InChI is InChI=1S/C14H12FNOS/c1-10-4-6-13(12(15)9-10)16-14(17)7-5-11-3-2-8-18-11/h2-9H,1H3,(H,16,17)/b7-5+. The van der Waals surface area contributed by atoms with Crippen LogP contribution in [0.5, 0.6) is 0 Å². The van der Waals surface area contributed by atoms with E-state index in [1.165, 1.54) is 23.5 Å². The number of hydrogen-bond acceptors (Lipinski definition) is 2. The summed E-state index contributed by atoms with van der Waals surface area (Å²) in [5.41, 5.74) is 1.01. The van der Waals surface area contributed by atoms with Gasteiger partial charge >= 0.3 is 0 Å². The minimum atomic E-state index is -0.423. The molecule has 0 saturated heterocycles. The lowest BCUT2D eigenvalue weighted by Crippen LogP contribution is -2.09. The zero-order valence-electron chi connectivity index (χ0n) is 9.81. The van der Waals surface area contributed by atoms with Gasteiger partial charge in [-0.15, -0.1) is 11.3 Å². The molecule has 92 valence electrons. The normalized spacial score (nSPS) is 10.8. The Kier molecular flexibility index (Phi) is 3.89. The summed E-state index contributed by atoms with van der Waals surface area (Å²) < 4.78 is 13.5. The number of thiophene rings is 1. The van der Waals surface area contributed by atoms with E-state index in [9.17, 15) is 9.18 Å². The van der Waals surface area contributed by atoms with Gasteiger partial charge in [-0.25, -0.2) is 4.39 Å². The minimum Gasteiger partial charge on any atom is -0.320 e. The van der Waals surface area contributed by atoms with Crippen LogP contribution in [0.3, 0.4) is 0 Å². The smallest absolute Gasteiger partial charge is 0.248 e. The summed E-state index contributed by atoms with van der Waals surface area (Å²) in [6.45, 7) is 1.80. The molecule has 0 spiro atoms. The van der Waals surface area contributed by atoms with Gasteiger partial charge in [-0.1, -0.05) is 12.1 Å². The van der Waals surface area contributed by atoms with Crippen molar-refractivity contribution in [3.05, 3.63) is 58.0 Å². The van der Waals surface area contributed by atoms with Gasteiger partial charge in [-0.05, 0) is 42.1 Å². The quantitative estimate of drug-likeness (QED) is 0.835. The van der Waals surface area contributed by atoms with Crippen LogP contribution in [-0.4, -0.2) is 5.91 Å². The molecule has 0 saturated carbocycles. The summed E-state index contributed by atoms with van der Waals surface area (Å²) in [7, 11) is 0. The van der Waals surface area contributed by atoms with E-state index < -0.39 is 5.82 Å². The molecule has 0 aliphatic rings. The molecule has 0 bridgehead atoms. The van der Waals surface area contributed by atoms with Gasteiger partial charge in [0.1, 0.15) is 5.82 Å². The van der Waals surface area contributed by atoms with Crippen LogP contribution in [0.2, 0.25) is 0 Å². The molecule has 2 rings (SSSR count). The summed E-state index contributed by atoms with van der Waals surface area (Å²) in [6, 6.07) is 8.50. The van der Waals surface area contributed by atoms with Gasteiger partial charge in [0.2, 0.25) is 5.91 Å². The average Bonchev–Trinajstić information content (AvgIpc) is 2.83. The number of aryl methyl sites for hydroxylation is 1. The first-order chi connectivity index (χ1) is 8.65. The molecular formula is C14H12FNOS. The van der Waals surface area contributed by atoms with Gasteiger partial charge in [0, 0.05) is 11.0 Å². The average molecular weight is 261 g/mol. The van der Waals surface area contributed by atoms with Crippen molar-refractivity contribution in [1.29, 1.82) is 0 Å². The fraction of sp³-hybridized carbons (Fsp3) is 0.0714. The van der Waals surface area contributed by atoms with Crippen LogP contribution in [0.4, 0.5) is 10.1 Å². The highest BCUT2D eigenvalue weighted by molar-refractivity contribution is 7.10. The maximum absolute atomic E-state index is 13.5. The van der Waals surface area contributed by atoms with Crippen LogP contribution >= 0.6 is 11.3 Å². The maximum atomic E-state index is 13.5. The van der Waals surface area contributed by atoms with E-state index in [4.69, 9.17) is 0 Å². The van der Waals surface area contributed by atoms with E-state index in [2.05, 4.69) is 5.32 Å². The second-order valence-electron chi connectivity index (χ2n) is 3.82. The van der Waals surface area contributed by atoms with Crippen molar-refractivity contribution in [3.8, 4) is 0 Å². The first kappa shape index (κ1) is 12.5. The number of anilines is 1. The molecule has 1 aromatic heterocycles. The van der Waals surface area contributed by atoms with Crippen LogP contribution in [0.15, 0.2) is 41.8 Å². The van der Waals surface area contributed by atoms with E-state index in [-0.39, 0.29) is 11.6 Å². The number of carbonyl (C=O) groups is 1. The van der Waals surface area contributed by atoms with Crippen LogP contribution < -0.4 is 5.32 Å². The third-order valence-corrected chi connectivity index (χ3v) is 3.16. The Balaban J connectivity index is 2.03. The third-order valence-electron chi connectivity index (χ3n) is 2.32. The molecule has 0 unspecified atom stereocenters. The number of halogens is 1. The maximum Gasteiger partial charge on any atom is 0.248 e. The number of rotatable bonds is 3. The van der Waals surface area contributed by atoms with Gasteiger partial charge in [0.25, 0.3) is 0 Å². The molecular weight excluding hydrogens is 249 g/mol. The van der Waals surface area contributed by atoms with Crippen LogP contribution in [-0.2, 0) is 4.79 Å². The molecule has 18 heavy (non-hydrogen) atoms. The minimum absolute atomic E-state index is 0.196. The number of nitrogens with one attached hydrogen (secondary N) is 1. The Bertz CT molecular complexity index is 575. The van der Waals surface area contributed by atoms with Crippen LogP contribution in [0, 0.1) is 12.7 Å². The largest absolute Gasteiger partial charge is 0.320 e. The first-order valence-electron chi connectivity index (χ1n) is 5.44. The van der Waals surface area contributed by atoms with Crippen molar-refractivity contribution in [3.63, 3.8) is 0 Å². The Labute approximate surface area is 109 Å². The molecule has 2 nitrogen and oxygen atoms in total. The summed E-state index contributed by atoms with van der Waals surface area (Å²) in [4.78, 5) is 12.6. The Morgan fingerprint density at radius 1 is 1.39 bits per heavy atom. The summed E-state index contributed by atoms with van der Waals surface area (Å²) >= 11 is 1.54. The van der Waals surface area contributed by atoms with E-state index in [1.807, 2.05) is 17.5 Å². The van der Waals surface area contributed by atoms with Crippen molar-refractivity contribution >= 4 is 29.0 Å². The van der Waals surface area contributed by atoms with Crippen molar-refractivity contribution in [2.24, 2.45) is 0 Å². The van der Waals surface area contributed by atoms with Crippen LogP contribution in [0.25, 0.3) is 6.08 Å². The lowest BCUT2D eigenvalue weighted by Gasteiger charge is -2.04. The fourth-order valence-electron chi connectivity index (χ4n) is 1.44. The molecule has 2 aromatic rings. The van der Waals surface area contributed by atoms with Crippen molar-refractivity contribution in [1.82, 2.24) is 0 Å². The van der Waals surface area contributed by atoms with E-state index in [0.717, 1.165) is 10.4 Å². The molecule has 1 heterocycles. The third kappa shape index (κ3) is 3.28. The van der Waals surface area contributed by atoms with Crippen molar-refractivity contribution in [2.75, 3.05) is 5.32 Å². The fourth-order valence-corrected chi connectivity index (χ4v) is 2.06. The summed E-state index contributed by atoms with van der Waals surface area (Å²) in [5.74, 6) is -0.765. The van der Waals surface area contributed by atoms with Gasteiger partial charge in [-0.3, -0.25) is 4.79 Å². The van der Waals surface area contributed by atoms with Crippen LogP contribution in [0.1, 0.15) is 10.4 Å². The molecule has 0 atom stereocenters. The highest BCUT2D eigenvalue weighted by Gasteiger charge is 2.04. The number of carbonyl (C=O) groups excluding carboxylic acids is 1. The molecule has 4 heteroatoms. The molecule has 0 fully saturated rings. The number of amides is 1. The lowest BCUT2D eigenvalue weighted by atomic mass is 10.2. The highest BCUT2D eigenvalue weighted by Crippen LogP contribution is 2.15. The Morgan fingerprint density at radius 2 is 2.22 bits per heavy atom. The highest BCUT2D eigenvalue weighted by atomic mass is 32.1. The van der Waals surface area contributed by atoms with E-state index in [1.54, 1.807) is 25.1 Å². The molecule has 1 aromatic carbocycles. The monoisotopic (exact) mass is 261 g/mol. The summed E-state index contributed by atoms with van der Waals surface area (Å²) in [6.07, 6.45) is 3.09. The molecule has 0 aliphatic carbocycles. The van der Waals surface area contributed by atoms with Crippen molar-refractivity contribution in [2.45, 2.75) is 6.92 Å². The predicted octanol–water partition coefficient (Wildman–Crippen LogP) is 3.85. The summed E-state index contributed by atoms with van der Waals surface area (Å²) in [5, 5.41) is 4.43. The lowest BCUT2D eigenvalue weighted by molar-refractivity contribution is -0.111. The van der Waals surface area contributed by atoms with E-state index >= 15 is 0 Å². The molecule has 0 radical (unpaired) electrons. The predicted molar refractivity (Wildman–Crippen MR) is 73.1 cm³/mol. The van der Waals surface area contributed by atoms with Gasteiger partial charge < -0.3 is 5.32 Å². The number of benzene rings is 1. The molecule has 1 amide bonds. The second kappa shape index (κ2) is 5.60. The zero-order valence-corrected chi connectivity index (χ0v) is 10.6. The van der Waals surface area contributed by atoms with Gasteiger partial charge in [-0.2, -0.15) is 0 Å². The SMILES string of the molecule is Cc1ccc(NC(=O)/C=C/c2cccs2)c(F)c1. The molecule has 0 aliphatic heterocycles. The number of hydrogen-bond donors (Lipinski definition) is 1.